The highest BCUT2D eigenvalue weighted by Crippen LogP contribution is 2.22. The maximum atomic E-state index is 9.37. The van der Waals surface area contributed by atoms with Gasteiger partial charge in [0.2, 0.25) is 0 Å². The number of nitrogens with two attached hydrogens (primary N) is 1. The predicted octanol–water partition coefficient (Wildman–Crippen LogP) is -0.813. The fourth-order valence-corrected chi connectivity index (χ4v) is 1.73. The first-order chi connectivity index (χ1) is 7.36. The maximum Gasteiger partial charge on any atom is 0.144 e. The molecule has 1 aliphatic rings. The molecule has 0 aromatic rings. The van der Waals surface area contributed by atoms with Crippen molar-refractivity contribution in [3.8, 4) is 0 Å². The van der Waals surface area contributed by atoms with E-state index in [-0.39, 0.29) is 11.3 Å². The van der Waals surface area contributed by atoms with E-state index in [1.165, 1.54) is 0 Å². The third-order valence-electron chi connectivity index (χ3n) is 3.19. The second kappa shape index (κ2) is 4.99. The van der Waals surface area contributed by atoms with Gasteiger partial charge in [0.1, 0.15) is 5.84 Å². The molecule has 0 aromatic heterocycles. The number of hydrogen-bond acceptors (Lipinski definition) is 5. The molecule has 94 valence electrons. The summed E-state index contributed by atoms with van der Waals surface area (Å²) in [5.74, 6) is 0.202. The lowest BCUT2D eigenvalue weighted by Gasteiger charge is -2.25. The zero-order valence-corrected chi connectivity index (χ0v) is 9.80. The molecular formula is C10H21N3O3. The topological polar surface area (TPSA) is 102 Å². The molecule has 0 aliphatic carbocycles. The lowest BCUT2D eigenvalue weighted by Crippen LogP contribution is -2.36. The van der Waals surface area contributed by atoms with Crippen molar-refractivity contribution in [1.82, 2.24) is 4.90 Å². The second-order valence-corrected chi connectivity index (χ2v) is 5.01. The number of oxime groups is 1. The van der Waals surface area contributed by atoms with Crippen LogP contribution in [0.5, 0.6) is 0 Å². The molecule has 0 amide bonds. The van der Waals surface area contributed by atoms with Crippen molar-refractivity contribution in [3.63, 3.8) is 0 Å². The quantitative estimate of drug-likeness (QED) is 0.219. The molecule has 0 aromatic carbocycles. The Morgan fingerprint density at radius 3 is 2.31 bits per heavy atom. The van der Waals surface area contributed by atoms with Crippen LogP contribution in [0, 0.1) is 5.41 Å². The van der Waals surface area contributed by atoms with E-state index in [0.29, 0.717) is 26.1 Å². The van der Waals surface area contributed by atoms with Crippen LogP contribution < -0.4 is 5.73 Å². The Labute approximate surface area is 95.3 Å². The average molecular weight is 231 g/mol. The molecule has 1 fully saturated rings. The zero-order chi connectivity index (χ0) is 12.3. The summed E-state index contributed by atoms with van der Waals surface area (Å²) in [4.78, 5) is 1.97. The molecule has 0 radical (unpaired) electrons. The van der Waals surface area contributed by atoms with Gasteiger partial charge in [-0.3, -0.25) is 4.90 Å². The Bertz CT molecular complexity index is 258. The van der Waals surface area contributed by atoms with Crippen LogP contribution in [0.15, 0.2) is 5.16 Å². The van der Waals surface area contributed by atoms with Crippen molar-refractivity contribution in [2.24, 2.45) is 16.3 Å². The van der Waals surface area contributed by atoms with Crippen LogP contribution in [0.1, 0.15) is 20.3 Å². The largest absolute Gasteiger partial charge is 0.409 e. The summed E-state index contributed by atoms with van der Waals surface area (Å²) in [6.45, 7) is 5.45. The molecule has 6 heteroatoms. The van der Waals surface area contributed by atoms with Crippen molar-refractivity contribution in [2.75, 3.05) is 19.6 Å². The van der Waals surface area contributed by atoms with Crippen LogP contribution in [0.4, 0.5) is 0 Å². The molecule has 2 unspecified atom stereocenters. The van der Waals surface area contributed by atoms with E-state index in [2.05, 4.69) is 5.16 Å². The van der Waals surface area contributed by atoms with Crippen molar-refractivity contribution in [3.05, 3.63) is 0 Å². The molecule has 5 N–H and O–H groups in total. The highest BCUT2D eigenvalue weighted by Gasteiger charge is 2.31. The van der Waals surface area contributed by atoms with Gasteiger partial charge in [-0.15, -0.1) is 0 Å². The third-order valence-corrected chi connectivity index (χ3v) is 3.19. The summed E-state index contributed by atoms with van der Waals surface area (Å²) in [6, 6.07) is 0. The van der Waals surface area contributed by atoms with Crippen molar-refractivity contribution in [1.29, 1.82) is 0 Å². The van der Waals surface area contributed by atoms with Crippen LogP contribution in [0.3, 0.4) is 0 Å². The Hall–Kier alpha value is -0.850. The molecule has 0 bridgehead atoms. The molecule has 1 aliphatic heterocycles. The number of aliphatic hydroxyl groups is 2. The summed E-state index contributed by atoms with van der Waals surface area (Å²) in [6.07, 6.45) is -0.610. The maximum absolute atomic E-state index is 9.37. The van der Waals surface area contributed by atoms with Gasteiger partial charge >= 0.3 is 0 Å². The Morgan fingerprint density at radius 2 is 1.88 bits per heavy atom. The van der Waals surface area contributed by atoms with Crippen LogP contribution in [0.25, 0.3) is 0 Å². The van der Waals surface area contributed by atoms with Gasteiger partial charge < -0.3 is 21.2 Å². The Kier molecular flexibility index (Phi) is 4.12. The Balaban J connectivity index is 2.41. The minimum absolute atomic E-state index is 0.202. The normalized spacial score (nSPS) is 28.6. The minimum atomic E-state index is -0.660. The van der Waals surface area contributed by atoms with E-state index in [1.54, 1.807) is 0 Å². The van der Waals surface area contributed by atoms with E-state index >= 15 is 0 Å². The smallest absolute Gasteiger partial charge is 0.144 e. The van der Waals surface area contributed by atoms with Gasteiger partial charge in [0.25, 0.3) is 0 Å². The van der Waals surface area contributed by atoms with Gasteiger partial charge in [0.05, 0.1) is 12.2 Å². The average Bonchev–Trinajstić information content (AvgIpc) is 2.54. The van der Waals surface area contributed by atoms with E-state index in [9.17, 15) is 10.2 Å². The molecule has 0 spiro atoms. The first-order valence-corrected chi connectivity index (χ1v) is 5.43. The summed E-state index contributed by atoms with van der Waals surface area (Å²) >= 11 is 0. The van der Waals surface area contributed by atoms with Crippen molar-refractivity contribution < 1.29 is 15.4 Å². The fraction of sp³-hybridized carbons (Fsp3) is 0.900. The molecule has 2 atom stereocenters. The lowest BCUT2D eigenvalue weighted by atomic mass is 9.88. The number of β-amino-alcohol motifs (C(OH)–C–C–N with tert-alkyl or cyclic N) is 2. The number of amidine groups is 1. The van der Waals surface area contributed by atoms with Crippen LogP contribution >= 0.6 is 0 Å². The third kappa shape index (κ3) is 3.07. The van der Waals surface area contributed by atoms with Gasteiger partial charge in [-0.05, 0) is 13.0 Å². The standard InChI is InChI=1S/C10H21N3O3/c1-10(2,9(11)12-16)3-4-13-5-7(14)8(15)6-13/h7-8,14-16H,3-6H2,1-2H3,(H2,11,12). The number of aliphatic hydroxyl groups excluding tert-OH is 2. The van der Waals surface area contributed by atoms with Gasteiger partial charge in [0, 0.05) is 18.5 Å². The minimum Gasteiger partial charge on any atom is -0.409 e. The molecule has 1 rings (SSSR count). The van der Waals surface area contributed by atoms with Crippen LogP contribution in [0.2, 0.25) is 0 Å². The lowest BCUT2D eigenvalue weighted by molar-refractivity contribution is 0.0572. The van der Waals surface area contributed by atoms with Crippen molar-refractivity contribution in [2.45, 2.75) is 32.5 Å². The van der Waals surface area contributed by atoms with Gasteiger partial charge in [-0.1, -0.05) is 19.0 Å². The predicted molar refractivity (Wildman–Crippen MR) is 60.3 cm³/mol. The molecular weight excluding hydrogens is 210 g/mol. The monoisotopic (exact) mass is 231 g/mol. The molecule has 1 saturated heterocycles. The van der Waals surface area contributed by atoms with Gasteiger partial charge in [-0.25, -0.2) is 0 Å². The van der Waals surface area contributed by atoms with E-state index in [0.717, 1.165) is 0 Å². The van der Waals surface area contributed by atoms with Crippen molar-refractivity contribution >= 4 is 5.84 Å². The first-order valence-electron chi connectivity index (χ1n) is 5.43. The number of hydrogen-bond donors (Lipinski definition) is 4. The first kappa shape index (κ1) is 13.2. The van der Waals surface area contributed by atoms with Crippen LogP contribution in [-0.4, -0.2) is 58.0 Å². The summed E-state index contributed by atoms with van der Waals surface area (Å²) in [5, 5.41) is 30.4. The Morgan fingerprint density at radius 1 is 1.38 bits per heavy atom. The molecule has 16 heavy (non-hydrogen) atoms. The number of rotatable bonds is 4. The highest BCUT2D eigenvalue weighted by molar-refractivity contribution is 5.85. The zero-order valence-electron chi connectivity index (χ0n) is 9.80. The van der Waals surface area contributed by atoms with E-state index in [1.807, 2.05) is 18.7 Å². The molecule has 1 heterocycles. The fourth-order valence-electron chi connectivity index (χ4n) is 1.73. The second-order valence-electron chi connectivity index (χ2n) is 5.01. The van der Waals surface area contributed by atoms with E-state index in [4.69, 9.17) is 10.9 Å². The van der Waals surface area contributed by atoms with Crippen LogP contribution in [-0.2, 0) is 0 Å². The summed E-state index contributed by atoms with van der Waals surface area (Å²) < 4.78 is 0. The summed E-state index contributed by atoms with van der Waals surface area (Å²) in [5.41, 5.74) is 5.19. The summed E-state index contributed by atoms with van der Waals surface area (Å²) in [7, 11) is 0. The SMILES string of the molecule is CC(C)(CCN1CC(O)C(O)C1)C(N)=NO. The number of nitrogens with zero attached hydrogens (tertiary/aromatic N) is 2. The number of likely N-dealkylation sites (tertiary alicyclic amines) is 1. The van der Waals surface area contributed by atoms with Gasteiger partial charge in [0.15, 0.2) is 0 Å². The van der Waals surface area contributed by atoms with E-state index < -0.39 is 12.2 Å². The molecule has 6 nitrogen and oxygen atoms in total. The highest BCUT2D eigenvalue weighted by atomic mass is 16.4. The molecule has 0 saturated carbocycles. The van der Waals surface area contributed by atoms with Gasteiger partial charge in [-0.2, -0.15) is 0 Å².